The van der Waals surface area contributed by atoms with E-state index in [1.165, 1.54) is 5.56 Å². The Morgan fingerprint density at radius 1 is 1.12 bits per heavy atom. The van der Waals surface area contributed by atoms with E-state index in [1.54, 1.807) is 0 Å². The molecule has 0 saturated heterocycles. The Hall–Kier alpha value is -3.35. The molecule has 0 saturated carbocycles. The zero-order valence-electron chi connectivity index (χ0n) is 19.0. The molecule has 7 heteroatoms. The van der Waals surface area contributed by atoms with Gasteiger partial charge in [-0.1, -0.05) is 57.2 Å². The molecule has 32 heavy (non-hydrogen) atoms. The van der Waals surface area contributed by atoms with Crippen molar-refractivity contribution in [2.45, 2.75) is 58.7 Å². The number of nitrogens with two attached hydrogens (primary N) is 1. The summed E-state index contributed by atoms with van der Waals surface area (Å²) >= 11 is 0. The lowest BCUT2D eigenvalue weighted by Gasteiger charge is -2.26. The van der Waals surface area contributed by atoms with Gasteiger partial charge in [0, 0.05) is 29.8 Å². The number of benzene rings is 2. The summed E-state index contributed by atoms with van der Waals surface area (Å²) in [6.45, 7) is 9.28. The molecule has 7 nitrogen and oxygen atoms in total. The molecule has 1 aliphatic rings. The summed E-state index contributed by atoms with van der Waals surface area (Å²) in [6, 6.07) is 16.7. The predicted molar refractivity (Wildman–Crippen MR) is 124 cm³/mol. The number of aldehydes is 1. The van der Waals surface area contributed by atoms with Crippen LogP contribution in [0.4, 0.5) is 5.69 Å². The van der Waals surface area contributed by atoms with Gasteiger partial charge in [-0.2, -0.15) is 0 Å². The number of fused-ring (bicyclic) bond motifs is 1. The molecule has 0 fully saturated rings. The van der Waals surface area contributed by atoms with Gasteiger partial charge in [0.2, 0.25) is 6.29 Å². The summed E-state index contributed by atoms with van der Waals surface area (Å²) < 4.78 is 6.02. The maximum absolute atomic E-state index is 11.7. The number of amides is 1. The van der Waals surface area contributed by atoms with Crippen LogP contribution in [0.3, 0.4) is 0 Å². The van der Waals surface area contributed by atoms with Crippen LogP contribution in [0.1, 0.15) is 51.2 Å². The average molecular weight is 441 g/mol. The molecule has 0 aliphatic carbocycles. The van der Waals surface area contributed by atoms with Crippen molar-refractivity contribution in [3.63, 3.8) is 0 Å². The second kappa shape index (κ2) is 11.3. The molecule has 3 unspecified atom stereocenters. The monoisotopic (exact) mass is 440 g/mol. The summed E-state index contributed by atoms with van der Waals surface area (Å²) in [4.78, 5) is 32.3. The minimum Gasteiger partial charge on any atom is -0.479 e. The third-order valence-electron chi connectivity index (χ3n) is 5.57. The smallest absolute Gasteiger partial charge is 0.344 e. The van der Waals surface area contributed by atoms with Crippen molar-refractivity contribution in [2.75, 3.05) is 4.90 Å². The van der Waals surface area contributed by atoms with Gasteiger partial charge in [-0.15, -0.1) is 0 Å². The standard InChI is InChI=1S/C23H29NO3.C2H3NO2/c1-15(2)13-21(23(25)26)27-20-12-8-11-19-22(20)16(3)17(4)24(19)14-18-9-6-5-7-10-18;3-2(5)1-4/h5-12,15-17,21H,13-14H2,1-4H3,(H,25,26);1H,(H2,3,5). The molecule has 2 aromatic carbocycles. The van der Waals surface area contributed by atoms with Crippen LogP contribution in [0.5, 0.6) is 5.75 Å². The van der Waals surface area contributed by atoms with Gasteiger partial charge < -0.3 is 20.5 Å². The zero-order valence-corrected chi connectivity index (χ0v) is 19.0. The molecule has 0 radical (unpaired) electrons. The topological polar surface area (TPSA) is 110 Å². The first-order valence-electron chi connectivity index (χ1n) is 10.7. The lowest BCUT2D eigenvalue weighted by molar-refractivity contribution is -0.145. The molecule has 1 aliphatic heterocycles. The van der Waals surface area contributed by atoms with Crippen LogP contribution in [0.25, 0.3) is 0 Å². The Bertz CT molecular complexity index is 929. The van der Waals surface area contributed by atoms with Crippen molar-refractivity contribution in [1.29, 1.82) is 0 Å². The van der Waals surface area contributed by atoms with Crippen molar-refractivity contribution < 1.29 is 24.2 Å². The highest BCUT2D eigenvalue weighted by Crippen LogP contribution is 2.46. The molecule has 0 aromatic heterocycles. The van der Waals surface area contributed by atoms with Gasteiger partial charge in [-0.05, 0) is 37.0 Å². The van der Waals surface area contributed by atoms with Crippen LogP contribution in [0, 0.1) is 5.92 Å². The summed E-state index contributed by atoms with van der Waals surface area (Å²) in [5.74, 6) is -0.594. The average Bonchev–Trinajstić information content (AvgIpc) is 2.99. The Morgan fingerprint density at radius 2 is 1.75 bits per heavy atom. The van der Waals surface area contributed by atoms with E-state index in [4.69, 9.17) is 9.53 Å². The van der Waals surface area contributed by atoms with E-state index in [0.717, 1.165) is 17.8 Å². The molecular weight excluding hydrogens is 408 g/mol. The van der Waals surface area contributed by atoms with Crippen molar-refractivity contribution in [3.05, 3.63) is 59.7 Å². The minimum absolute atomic E-state index is 0.0556. The number of anilines is 1. The van der Waals surface area contributed by atoms with Crippen LogP contribution >= 0.6 is 0 Å². The van der Waals surface area contributed by atoms with Gasteiger partial charge in [-0.3, -0.25) is 9.59 Å². The number of aliphatic carboxylic acids is 1. The van der Waals surface area contributed by atoms with Crippen molar-refractivity contribution in [3.8, 4) is 5.75 Å². The quantitative estimate of drug-likeness (QED) is 0.478. The summed E-state index contributed by atoms with van der Waals surface area (Å²) in [5, 5.41) is 9.56. The molecular formula is C25H32N2O5. The molecule has 3 N–H and O–H groups in total. The maximum atomic E-state index is 11.7. The number of carbonyl (C=O) groups is 3. The highest BCUT2D eigenvalue weighted by Gasteiger charge is 2.36. The van der Waals surface area contributed by atoms with E-state index in [9.17, 15) is 14.7 Å². The van der Waals surface area contributed by atoms with E-state index >= 15 is 0 Å². The van der Waals surface area contributed by atoms with Gasteiger partial charge in [-0.25, -0.2) is 4.79 Å². The maximum Gasteiger partial charge on any atom is 0.344 e. The van der Waals surface area contributed by atoms with Gasteiger partial charge in [0.15, 0.2) is 6.10 Å². The first-order valence-corrected chi connectivity index (χ1v) is 10.7. The first kappa shape index (κ1) is 24.9. The molecule has 2 aromatic rings. The largest absolute Gasteiger partial charge is 0.479 e. The fourth-order valence-electron chi connectivity index (χ4n) is 3.86. The number of ether oxygens (including phenoxy) is 1. The fraction of sp³-hybridized carbons (Fsp3) is 0.400. The van der Waals surface area contributed by atoms with Crippen molar-refractivity contribution in [1.82, 2.24) is 0 Å². The molecule has 0 spiro atoms. The first-order chi connectivity index (χ1) is 15.1. The Morgan fingerprint density at radius 3 is 2.28 bits per heavy atom. The number of hydrogen-bond donors (Lipinski definition) is 2. The Balaban J connectivity index is 0.000000654. The van der Waals surface area contributed by atoms with Crippen molar-refractivity contribution in [2.24, 2.45) is 11.7 Å². The highest BCUT2D eigenvalue weighted by molar-refractivity contribution is 6.22. The van der Waals surface area contributed by atoms with E-state index in [1.807, 2.05) is 32.0 Å². The van der Waals surface area contributed by atoms with Crippen LogP contribution in [-0.2, 0) is 20.9 Å². The van der Waals surface area contributed by atoms with E-state index in [2.05, 4.69) is 54.8 Å². The number of nitrogens with zero attached hydrogens (tertiary/aromatic N) is 1. The normalized spacial score (nSPS) is 17.7. The number of carbonyl (C=O) groups excluding carboxylic acids is 2. The number of hydrogen-bond acceptors (Lipinski definition) is 5. The second-order valence-corrected chi connectivity index (χ2v) is 8.43. The van der Waals surface area contributed by atoms with E-state index in [0.29, 0.717) is 18.2 Å². The number of primary amides is 1. The number of rotatable bonds is 8. The van der Waals surface area contributed by atoms with Crippen LogP contribution < -0.4 is 15.4 Å². The van der Waals surface area contributed by atoms with E-state index < -0.39 is 18.0 Å². The highest BCUT2D eigenvalue weighted by atomic mass is 16.5. The molecule has 3 rings (SSSR count). The summed E-state index contributed by atoms with van der Waals surface area (Å²) in [7, 11) is 0. The number of carboxylic acids is 1. The predicted octanol–water partition coefficient (Wildman–Crippen LogP) is 3.75. The van der Waals surface area contributed by atoms with E-state index in [-0.39, 0.29) is 18.1 Å². The molecule has 3 atom stereocenters. The third kappa shape index (κ3) is 6.33. The third-order valence-corrected chi connectivity index (χ3v) is 5.57. The molecule has 0 bridgehead atoms. The van der Waals surface area contributed by atoms with Gasteiger partial charge in [0.05, 0.1) is 0 Å². The second-order valence-electron chi connectivity index (χ2n) is 8.43. The SMILES string of the molecule is CC(C)CC(Oc1cccc2c1C(C)C(C)N2Cc1ccccc1)C(=O)O.NC(=O)C=O. The van der Waals surface area contributed by atoms with Gasteiger partial charge >= 0.3 is 5.97 Å². The van der Waals surface area contributed by atoms with Crippen LogP contribution in [0.15, 0.2) is 48.5 Å². The van der Waals surface area contributed by atoms with Gasteiger partial charge in [0.1, 0.15) is 5.75 Å². The molecule has 1 amide bonds. The van der Waals surface area contributed by atoms with Crippen LogP contribution in [-0.4, -0.2) is 35.4 Å². The Kier molecular flexibility index (Phi) is 8.81. The lowest BCUT2D eigenvalue weighted by Crippen LogP contribution is -2.30. The summed E-state index contributed by atoms with van der Waals surface area (Å²) in [5.41, 5.74) is 7.81. The minimum atomic E-state index is -0.926. The van der Waals surface area contributed by atoms with Crippen molar-refractivity contribution >= 4 is 23.9 Å². The Labute approximate surface area is 189 Å². The zero-order chi connectivity index (χ0) is 23.8. The molecule has 1 heterocycles. The van der Waals surface area contributed by atoms with Crippen LogP contribution in [0.2, 0.25) is 0 Å². The lowest BCUT2D eigenvalue weighted by atomic mass is 9.97. The number of carboxylic acid groups (broad SMARTS) is 1. The fourth-order valence-corrected chi connectivity index (χ4v) is 3.86. The summed E-state index contributed by atoms with van der Waals surface area (Å²) in [6.07, 6.45) is -0.265. The molecule has 172 valence electrons. The van der Waals surface area contributed by atoms with Gasteiger partial charge in [0.25, 0.3) is 5.91 Å².